The van der Waals surface area contributed by atoms with Crippen molar-refractivity contribution in [2.24, 2.45) is 0 Å². The van der Waals surface area contributed by atoms with E-state index >= 15 is 0 Å². The normalized spacial score (nSPS) is 10.4. The van der Waals surface area contributed by atoms with Gasteiger partial charge < -0.3 is 5.11 Å². The summed E-state index contributed by atoms with van der Waals surface area (Å²) in [5.74, 6) is -1.77. The molecule has 2 aromatic rings. The van der Waals surface area contributed by atoms with E-state index in [1.54, 1.807) is 0 Å². The molecule has 0 radical (unpaired) electrons. The van der Waals surface area contributed by atoms with Crippen LogP contribution in [0.1, 0.15) is 10.6 Å². The molecule has 0 amide bonds. The first-order valence-corrected chi connectivity index (χ1v) is 3.68. The van der Waals surface area contributed by atoms with Gasteiger partial charge in [-0.25, -0.2) is 9.78 Å². The largest absolute Gasteiger partial charge is 0.475 e. The zero-order chi connectivity index (χ0) is 11.0. The summed E-state index contributed by atoms with van der Waals surface area (Å²) in [6.45, 7) is 0. The predicted octanol–water partition coefficient (Wildman–Crippen LogP) is -0.269. The van der Waals surface area contributed by atoms with E-state index in [1.165, 1.54) is 0 Å². The van der Waals surface area contributed by atoms with Gasteiger partial charge in [0.2, 0.25) is 0 Å². The van der Waals surface area contributed by atoms with Crippen LogP contribution in [0.25, 0.3) is 5.78 Å². The second kappa shape index (κ2) is 2.97. The molecule has 2 heterocycles. The number of nitrogens with zero attached hydrogens (tertiary/aromatic N) is 5. The highest BCUT2D eigenvalue weighted by molar-refractivity contribution is 5.83. The van der Waals surface area contributed by atoms with E-state index in [-0.39, 0.29) is 11.5 Å². The highest BCUT2D eigenvalue weighted by Gasteiger charge is 2.14. The minimum Gasteiger partial charge on any atom is -0.475 e. The number of nitro groups is 1. The number of aromatic carboxylic acids is 1. The van der Waals surface area contributed by atoms with Gasteiger partial charge in [0.25, 0.3) is 11.6 Å². The van der Waals surface area contributed by atoms with Crippen LogP contribution >= 0.6 is 0 Å². The Morgan fingerprint density at radius 1 is 1.60 bits per heavy atom. The number of hydrogen-bond donors (Lipinski definition) is 1. The summed E-state index contributed by atoms with van der Waals surface area (Å²) < 4.78 is 0.946. The third-order valence-corrected chi connectivity index (χ3v) is 1.58. The summed E-state index contributed by atoms with van der Waals surface area (Å²) in [7, 11) is 0. The maximum Gasteiger partial charge on any atom is 0.375 e. The zero-order valence-electron chi connectivity index (χ0n) is 7.06. The highest BCUT2D eigenvalue weighted by Crippen LogP contribution is 2.08. The summed E-state index contributed by atoms with van der Waals surface area (Å²) in [6, 6.07) is 0. The van der Waals surface area contributed by atoms with Crippen molar-refractivity contribution in [2.45, 2.75) is 0 Å². The predicted molar refractivity (Wildman–Crippen MR) is 44.4 cm³/mol. The molecule has 0 aliphatic heterocycles. The molecule has 9 nitrogen and oxygen atoms in total. The Morgan fingerprint density at radius 3 is 2.93 bits per heavy atom. The van der Waals surface area contributed by atoms with Crippen LogP contribution < -0.4 is 0 Å². The van der Waals surface area contributed by atoms with Crippen LogP contribution in [-0.2, 0) is 0 Å². The number of fused-ring (bicyclic) bond motifs is 1. The van der Waals surface area contributed by atoms with Crippen LogP contribution in [0.4, 0.5) is 5.69 Å². The Labute approximate surface area is 81.2 Å². The van der Waals surface area contributed by atoms with Crippen LogP contribution in [-0.4, -0.2) is 35.6 Å². The lowest BCUT2D eigenvalue weighted by Gasteiger charge is -1.90. The van der Waals surface area contributed by atoms with Gasteiger partial charge in [0.15, 0.2) is 0 Å². The third kappa shape index (κ3) is 1.45. The molecule has 15 heavy (non-hydrogen) atoms. The highest BCUT2D eigenvalue weighted by atomic mass is 16.6. The minimum absolute atomic E-state index is 0.00185. The summed E-state index contributed by atoms with van der Waals surface area (Å²) in [6.07, 6.45) is 2.03. The monoisotopic (exact) mass is 209 g/mol. The van der Waals surface area contributed by atoms with Crippen LogP contribution in [0.5, 0.6) is 0 Å². The number of carbonyl (C=O) groups is 1. The molecule has 0 atom stereocenters. The molecule has 0 aromatic carbocycles. The molecule has 0 saturated heterocycles. The molecule has 9 heteroatoms. The number of aromatic nitrogens is 4. The summed E-state index contributed by atoms with van der Waals surface area (Å²) >= 11 is 0. The smallest absolute Gasteiger partial charge is 0.375 e. The Kier molecular flexibility index (Phi) is 1.78. The van der Waals surface area contributed by atoms with E-state index in [0.717, 1.165) is 16.9 Å². The van der Waals surface area contributed by atoms with Gasteiger partial charge in [0, 0.05) is 0 Å². The molecule has 1 N–H and O–H groups in total. The molecular formula is C6H3N5O4. The van der Waals surface area contributed by atoms with Crippen molar-refractivity contribution in [2.75, 3.05) is 0 Å². The lowest BCUT2D eigenvalue weighted by Crippen LogP contribution is -1.99. The van der Waals surface area contributed by atoms with Gasteiger partial charge in [-0.05, 0) is 0 Å². The molecular weight excluding hydrogens is 206 g/mol. The number of rotatable bonds is 2. The van der Waals surface area contributed by atoms with E-state index in [9.17, 15) is 14.9 Å². The topological polar surface area (TPSA) is 124 Å². The second-order valence-electron chi connectivity index (χ2n) is 2.55. The molecule has 0 aliphatic carbocycles. The van der Waals surface area contributed by atoms with Gasteiger partial charge in [-0.3, -0.25) is 10.1 Å². The first-order valence-electron chi connectivity index (χ1n) is 3.68. The molecule has 0 fully saturated rings. The number of carboxylic acids is 1. The van der Waals surface area contributed by atoms with Crippen LogP contribution in [0.2, 0.25) is 0 Å². The van der Waals surface area contributed by atoms with Crippen LogP contribution in [0, 0.1) is 10.1 Å². The molecule has 0 saturated carbocycles. The molecule has 0 unspecified atom stereocenters. The van der Waals surface area contributed by atoms with E-state index < -0.39 is 16.7 Å². The standard InChI is InChI=1S/C6H3N5O4/c12-5(13)4-8-6-7-1-3(11(14)15)2-10(6)9-4/h1-2H,(H,12,13). The van der Waals surface area contributed by atoms with Gasteiger partial charge in [-0.2, -0.15) is 9.50 Å². The molecule has 2 rings (SSSR count). The molecule has 2 aromatic heterocycles. The summed E-state index contributed by atoms with van der Waals surface area (Å²) in [4.78, 5) is 27.3. The second-order valence-corrected chi connectivity index (χ2v) is 2.55. The van der Waals surface area contributed by atoms with Crippen molar-refractivity contribution in [3.05, 3.63) is 28.3 Å². The Hall–Kier alpha value is -2.58. The van der Waals surface area contributed by atoms with E-state index in [1.807, 2.05) is 0 Å². The fraction of sp³-hybridized carbons (Fsp3) is 0. The van der Waals surface area contributed by atoms with Crippen LogP contribution in [0.3, 0.4) is 0 Å². The third-order valence-electron chi connectivity index (χ3n) is 1.58. The first kappa shape index (κ1) is 8.99. The molecule has 0 spiro atoms. The summed E-state index contributed by atoms with van der Waals surface area (Å²) in [5, 5.41) is 22.4. The van der Waals surface area contributed by atoms with Crippen molar-refractivity contribution in [1.82, 2.24) is 19.6 Å². The molecule has 76 valence electrons. The number of hydrogen-bond acceptors (Lipinski definition) is 6. The average Bonchev–Trinajstić information content (AvgIpc) is 2.59. The quantitative estimate of drug-likeness (QED) is 0.533. The van der Waals surface area contributed by atoms with Crippen molar-refractivity contribution >= 4 is 17.4 Å². The first-order chi connectivity index (χ1) is 7.08. The van der Waals surface area contributed by atoms with E-state index in [4.69, 9.17) is 5.11 Å². The maximum atomic E-state index is 10.5. The fourth-order valence-corrected chi connectivity index (χ4v) is 0.957. The zero-order valence-corrected chi connectivity index (χ0v) is 7.06. The van der Waals surface area contributed by atoms with Gasteiger partial charge in [-0.15, -0.1) is 5.10 Å². The van der Waals surface area contributed by atoms with Gasteiger partial charge in [-0.1, -0.05) is 0 Å². The number of carboxylic acid groups (broad SMARTS) is 1. The van der Waals surface area contributed by atoms with Gasteiger partial charge in [0.05, 0.1) is 4.92 Å². The van der Waals surface area contributed by atoms with Crippen molar-refractivity contribution < 1.29 is 14.8 Å². The van der Waals surface area contributed by atoms with E-state index in [0.29, 0.717) is 0 Å². The summed E-state index contributed by atoms with van der Waals surface area (Å²) in [5.41, 5.74) is -0.288. The molecule has 0 aliphatic rings. The lowest BCUT2D eigenvalue weighted by molar-refractivity contribution is -0.385. The van der Waals surface area contributed by atoms with Crippen LogP contribution in [0.15, 0.2) is 12.4 Å². The van der Waals surface area contributed by atoms with E-state index in [2.05, 4.69) is 15.1 Å². The average molecular weight is 209 g/mol. The minimum atomic E-state index is -1.32. The van der Waals surface area contributed by atoms with Gasteiger partial charge in [0.1, 0.15) is 12.4 Å². The SMILES string of the molecule is O=C(O)c1nc2ncc([N+](=O)[O-])cn2n1. The van der Waals surface area contributed by atoms with Crippen molar-refractivity contribution in [3.63, 3.8) is 0 Å². The Morgan fingerprint density at radius 2 is 2.33 bits per heavy atom. The molecule has 0 bridgehead atoms. The fourth-order valence-electron chi connectivity index (χ4n) is 0.957. The Balaban J connectivity index is 2.62. The van der Waals surface area contributed by atoms with Gasteiger partial charge >= 0.3 is 11.7 Å². The maximum absolute atomic E-state index is 10.5. The lowest BCUT2D eigenvalue weighted by atomic mass is 10.6. The Bertz CT molecular complexity index is 550. The van der Waals surface area contributed by atoms with Crippen molar-refractivity contribution in [3.8, 4) is 0 Å². The van der Waals surface area contributed by atoms with Crippen molar-refractivity contribution in [1.29, 1.82) is 0 Å².